The molecule has 0 saturated heterocycles. The smallest absolute Gasteiger partial charge is 0.257 e. The lowest BCUT2D eigenvalue weighted by atomic mass is 10.1. The highest BCUT2D eigenvalue weighted by atomic mass is 79.9. The van der Waals surface area contributed by atoms with Gasteiger partial charge in [0.2, 0.25) is 0 Å². The monoisotopic (exact) mass is 464 g/mol. The minimum Gasteiger partial charge on any atom is -0.298 e. The predicted molar refractivity (Wildman–Crippen MR) is 106 cm³/mol. The maximum atomic E-state index is 12.3. The number of thiazole rings is 1. The van der Waals surface area contributed by atoms with Crippen LogP contribution in [0, 0.1) is 6.92 Å². The third kappa shape index (κ3) is 4.32. The number of nitrogens with one attached hydrogen (secondary N) is 1. The third-order valence-corrected chi connectivity index (χ3v) is 5.51. The van der Waals surface area contributed by atoms with Crippen molar-refractivity contribution in [3.05, 3.63) is 79.2 Å². The number of carbonyl (C=O) groups is 1. The van der Waals surface area contributed by atoms with Gasteiger partial charge in [0.25, 0.3) is 5.91 Å². The van der Waals surface area contributed by atoms with Crippen LogP contribution in [-0.4, -0.2) is 10.9 Å². The molecule has 0 saturated carbocycles. The number of amides is 1. The molecule has 1 amide bonds. The van der Waals surface area contributed by atoms with Crippen LogP contribution in [0.25, 0.3) is 0 Å². The van der Waals surface area contributed by atoms with Gasteiger partial charge in [0.1, 0.15) is 0 Å². The molecule has 0 aliphatic carbocycles. The Kier molecular flexibility index (Phi) is 5.48. The Balaban J connectivity index is 1.75. The first kappa shape index (κ1) is 17.3. The lowest BCUT2D eigenvalue weighted by molar-refractivity contribution is 0.102. The van der Waals surface area contributed by atoms with E-state index in [1.807, 2.05) is 31.2 Å². The molecule has 3 rings (SSSR count). The summed E-state index contributed by atoms with van der Waals surface area (Å²) in [6.45, 7) is 1.97. The van der Waals surface area contributed by atoms with E-state index in [4.69, 9.17) is 0 Å². The Hall–Kier alpha value is -1.50. The number of benzene rings is 2. The second kappa shape index (κ2) is 7.59. The van der Waals surface area contributed by atoms with Crippen molar-refractivity contribution in [2.75, 3.05) is 5.32 Å². The summed E-state index contributed by atoms with van der Waals surface area (Å²) >= 11 is 8.39. The van der Waals surface area contributed by atoms with E-state index >= 15 is 0 Å². The van der Waals surface area contributed by atoms with E-state index in [-0.39, 0.29) is 5.91 Å². The summed E-state index contributed by atoms with van der Waals surface area (Å²) in [4.78, 5) is 17.9. The maximum Gasteiger partial charge on any atom is 0.257 e. The summed E-state index contributed by atoms with van der Waals surface area (Å²) in [6, 6.07) is 15.5. The molecule has 24 heavy (non-hydrogen) atoms. The summed E-state index contributed by atoms with van der Waals surface area (Å²) in [5.74, 6) is -0.154. The van der Waals surface area contributed by atoms with Crippen molar-refractivity contribution in [1.82, 2.24) is 4.98 Å². The van der Waals surface area contributed by atoms with E-state index in [0.717, 1.165) is 25.9 Å². The number of aryl methyl sites for hydroxylation is 1. The molecule has 0 bridgehead atoms. The molecule has 0 spiro atoms. The zero-order valence-electron chi connectivity index (χ0n) is 12.8. The number of carbonyl (C=O) groups excluding carboxylic acids is 1. The normalized spacial score (nSPS) is 10.6. The van der Waals surface area contributed by atoms with Gasteiger partial charge in [-0.15, -0.1) is 11.3 Å². The Morgan fingerprint density at radius 1 is 1.12 bits per heavy atom. The van der Waals surface area contributed by atoms with Gasteiger partial charge in [-0.2, -0.15) is 0 Å². The van der Waals surface area contributed by atoms with Crippen LogP contribution in [0.2, 0.25) is 0 Å². The van der Waals surface area contributed by atoms with Crippen molar-refractivity contribution in [1.29, 1.82) is 0 Å². The topological polar surface area (TPSA) is 42.0 Å². The largest absolute Gasteiger partial charge is 0.298 e. The zero-order chi connectivity index (χ0) is 17.1. The van der Waals surface area contributed by atoms with E-state index in [1.165, 1.54) is 16.9 Å². The molecule has 122 valence electrons. The molecule has 3 aromatic rings. The van der Waals surface area contributed by atoms with E-state index in [2.05, 4.69) is 54.3 Å². The summed E-state index contributed by atoms with van der Waals surface area (Å²) in [7, 11) is 0. The van der Waals surface area contributed by atoms with Gasteiger partial charge >= 0.3 is 0 Å². The first-order valence-electron chi connectivity index (χ1n) is 7.29. The molecule has 0 fully saturated rings. The van der Waals surface area contributed by atoms with Crippen molar-refractivity contribution in [3.63, 3.8) is 0 Å². The van der Waals surface area contributed by atoms with Gasteiger partial charge in [0.15, 0.2) is 5.13 Å². The first-order chi connectivity index (χ1) is 11.5. The fourth-order valence-corrected chi connectivity index (χ4v) is 4.11. The molecule has 6 heteroatoms. The fraction of sp³-hybridized carbons (Fsp3) is 0.111. The van der Waals surface area contributed by atoms with Crippen molar-refractivity contribution in [3.8, 4) is 0 Å². The highest BCUT2D eigenvalue weighted by Crippen LogP contribution is 2.26. The Morgan fingerprint density at radius 3 is 2.54 bits per heavy atom. The molecular formula is C18H14Br2N2OS. The van der Waals surface area contributed by atoms with Crippen LogP contribution in [0.4, 0.5) is 5.13 Å². The zero-order valence-corrected chi connectivity index (χ0v) is 16.8. The highest BCUT2D eigenvalue weighted by Gasteiger charge is 2.12. The van der Waals surface area contributed by atoms with Crippen molar-refractivity contribution < 1.29 is 4.79 Å². The van der Waals surface area contributed by atoms with Crippen LogP contribution in [0.15, 0.2) is 57.5 Å². The molecule has 1 N–H and O–H groups in total. The van der Waals surface area contributed by atoms with E-state index < -0.39 is 0 Å². The van der Waals surface area contributed by atoms with E-state index in [9.17, 15) is 4.79 Å². The SMILES string of the molecule is Cc1nc(NC(=O)c2cccc(Br)c2)sc1Cc1cccc(Br)c1. The lowest BCUT2D eigenvalue weighted by Crippen LogP contribution is -2.11. The second-order valence-electron chi connectivity index (χ2n) is 5.30. The van der Waals surface area contributed by atoms with Crippen molar-refractivity contribution in [2.45, 2.75) is 13.3 Å². The molecule has 1 heterocycles. The quantitative estimate of drug-likeness (QED) is 0.527. The third-order valence-electron chi connectivity index (χ3n) is 3.45. The Bertz CT molecular complexity index is 892. The van der Waals surface area contributed by atoms with Crippen LogP contribution in [0.5, 0.6) is 0 Å². The molecule has 1 aromatic heterocycles. The van der Waals surface area contributed by atoms with Crippen molar-refractivity contribution >= 4 is 54.2 Å². The van der Waals surface area contributed by atoms with Gasteiger partial charge in [0.05, 0.1) is 5.69 Å². The average molecular weight is 466 g/mol. The number of rotatable bonds is 4. The predicted octanol–water partition coefficient (Wildman–Crippen LogP) is 5.82. The standard InChI is InChI=1S/C18H14Br2N2OS/c1-11-16(9-12-4-2-6-14(19)8-12)24-18(21-11)22-17(23)13-5-3-7-15(20)10-13/h2-8,10H,9H2,1H3,(H,21,22,23). The molecule has 0 unspecified atom stereocenters. The number of anilines is 1. The number of hydrogen-bond acceptors (Lipinski definition) is 3. The summed E-state index contributed by atoms with van der Waals surface area (Å²) in [5, 5.41) is 3.51. The average Bonchev–Trinajstić information content (AvgIpc) is 2.87. The minimum atomic E-state index is -0.154. The van der Waals surface area contributed by atoms with Gasteiger partial charge in [0, 0.05) is 25.8 Å². The van der Waals surface area contributed by atoms with Crippen LogP contribution in [0.1, 0.15) is 26.5 Å². The number of halogens is 2. The van der Waals surface area contributed by atoms with Gasteiger partial charge in [-0.25, -0.2) is 4.98 Å². The van der Waals surface area contributed by atoms with Crippen LogP contribution in [-0.2, 0) is 6.42 Å². The number of aromatic nitrogens is 1. The molecule has 0 atom stereocenters. The molecule has 0 aliphatic rings. The summed E-state index contributed by atoms with van der Waals surface area (Å²) < 4.78 is 1.94. The van der Waals surface area contributed by atoms with Gasteiger partial charge in [-0.1, -0.05) is 50.1 Å². The molecule has 3 nitrogen and oxygen atoms in total. The summed E-state index contributed by atoms with van der Waals surface area (Å²) in [5.41, 5.74) is 2.76. The Labute approximate surface area is 161 Å². The summed E-state index contributed by atoms with van der Waals surface area (Å²) in [6.07, 6.45) is 0.801. The van der Waals surface area contributed by atoms with Crippen molar-refractivity contribution in [2.24, 2.45) is 0 Å². The van der Waals surface area contributed by atoms with Crippen LogP contribution < -0.4 is 5.32 Å². The number of nitrogens with zero attached hydrogens (tertiary/aromatic N) is 1. The Morgan fingerprint density at radius 2 is 1.83 bits per heavy atom. The lowest BCUT2D eigenvalue weighted by Gasteiger charge is -2.02. The number of hydrogen-bond donors (Lipinski definition) is 1. The fourth-order valence-electron chi connectivity index (χ4n) is 2.28. The van der Waals surface area contributed by atoms with E-state index in [0.29, 0.717) is 10.7 Å². The van der Waals surface area contributed by atoms with Gasteiger partial charge in [-0.3, -0.25) is 10.1 Å². The molecule has 0 aliphatic heterocycles. The minimum absolute atomic E-state index is 0.154. The first-order valence-corrected chi connectivity index (χ1v) is 9.69. The molecule has 0 radical (unpaired) electrons. The van der Waals surface area contributed by atoms with Crippen LogP contribution in [0.3, 0.4) is 0 Å². The second-order valence-corrected chi connectivity index (χ2v) is 8.21. The highest BCUT2D eigenvalue weighted by molar-refractivity contribution is 9.10. The molecular weight excluding hydrogens is 452 g/mol. The maximum absolute atomic E-state index is 12.3. The van der Waals surface area contributed by atoms with Gasteiger partial charge < -0.3 is 0 Å². The van der Waals surface area contributed by atoms with Crippen LogP contribution >= 0.6 is 43.2 Å². The molecule has 2 aromatic carbocycles. The van der Waals surface area contributed by atoms with Gasteiger partial charge in [-0.05, 0) is 42.8 Å². The van der Waals surface area contributed by atoms with E-state index in [1.54, 1.807) is 12.1 Å².